The van der Waals surface area contributed by atoms with E-state index in [0.717, 1.165) is 54.2 Å². The topological polar surface area (TPSA) is 122 Å². The Hall–Kier alpha value is -4.53. The molecular formula is C38H47F3N4O7. The van der Waals surface area contributed by atoms with E-state index < -0.39 is 29.7 Å². The summed E-state index contributed by atoms with van der Waals surface area (Å²) >= 11 is 0. The lowest BCUT2D eigenvalue weighted by atomic mass is 10.0. The van der Waals surface area contributed by atoms with Crippen molar-refractivity contribution in [1.82, 2.24) is 9.80 Å². The minimum absolute atomic E-state index is 0.140. The lowest BCUT2D eigenvalue weighted by Crippen LogP contribution is -2.47. The van der Waals surface area contributed by atoms with E-state index >= 15 is 0 Å². The summed E-state index contributed by atoms with van der Waals surface area (Å²) in [6.07, 6.45) is -2.59. The number of nitrogens with one attached hydrogen (secondary N) is 2. The van der Waals surface area contributed by atoms with Crippen LogP contribution in [0.3, 0.4) is 0 Å². The van der Waals surface area contributed by atoms with Crippen molar-refractivity contribution in [2.45, 2.75) is 71.0 Å². The molecule has 2 heterocycles. The zero-order chi connectivity index (χ0) is 37.4. The number of benzene rings is 3. The van der Waals surface area contributed by atoms with E-state index in [1.807, 2.05) is 39.1 Å². The number of anilines is 2. The van der Waals surface area contributed by atoms with E-state index in [1.54, 1.807) is 24.0 Å². The zero-order valence-corrected chi connectivity index (χ0v) is 29.9. The monoisotopic (exact) mass is 728 g/mol. The number of alkyl halides is 3. The molecule has 14 heteroatoms. The molecule has 3 amide bonds. The molecule has 4 atom stereocenters. The van der Waals surface area contributed by atoms with Gasteiger partial charge in [-0.15, -0.1) is 0 Å². The Kier molecular flexibility index (Phi) is 12.9. The molecule has 5 rings (SSSR count). The lowest BCUT2D eigenvalue weighted by Gasteiger charge is -2.36. The Labute approximate surface area is 302 Å². The molecule has 2 aliphatic rings. The number of aliphatic hydroxyl groups excluding tert-OH is 1. The van der Waals surface area contributed by atoms with E-state index in [-0.39, 0.29) is 55.0 Å². The van der Waals surface area contributed by atoms with Crippen LogP contribution in [0.25, 0.3) is 0 Å². The molecule has 3 aromatic carbocycles. The SMILES string of the molecule is C[C@H]1CCCCO[C@@H](CN(C)Cc2ccc3c(c2)OCO3)[C@@H](C)CN([C@@H](C)CO)C(=O)c2cc(NC(=O)Nc3ccc(C(F)(F)F)cc3)ccc2O1. The fraction of sp³-hybridized carbons (Fsp3) is 0.474. The Morgan fingerprint density at radius 1 is 0.981 bits per heavy atom. The largest absolute Gasteiger partial charge is 0.490 e. The average molecular weight is 729 g/mol. The lowest BCUT2D eigenvalue weighted by molar-refractivity contribution is -0.137. The third-order valence-electron chi connectivity index (χ3n) is 9.16. The molecule has 3 aromatic rings. The second-order valence-electron chi connectivity index (χ2n) is 13.5. The summed E-state index contributed by atoms with van der Waals surface area (Å²) in [6.45, 7) is 7.68. The van der Waals surface area contributed by atoms with Gasteiger partial charge >= 0.3 is 12.2 Å². The summed E-state index contributed by atoms with van der Waals surface area (Å²) in [5.41, 5.74) is 0.854. The normalized spacial score (nSPS) is 20.4. The summed E-state index contributed by atoms with van der Waals surface area (Å²) in [5.74, 6) is 1.24. The van der Waals surface area contributed by atoms with E-state index in [2.05, 4.69) is 15.5 Å². The molecule has 0 saturated heterocycles. The van der Waals surface area contributed by atoms with Crippen LogP contribution in [0.1, 0.15) is 61.5 Å². The van der Waals surface area contributed by atoms with Crippen LogP contribution in [0.4, 0.5) is 29.3 Å². The molecule has 0 radical (unpaired) electrons. The van der Waals surface area contributed by atoms with Gasteiger partial charge in [-0.05, 0) is 100 Å². The highest BCUT2D eigenvalue weighted by atomic mass is 19.4. The molecule has 0 unspecified atom stereocenters. The van der Waals surface area contributed by atoms with Crippen molar-refractivity contribution in [3.63, 3.8) is 0 Å². The van der Waals surface area contributed by atoms with Crippen LogP contribution >= 0.6 is 0 Å². The van der Waals surface area contributed by atoms with Crippen LogP contribution in [0.15, 0.2) is 60.7 Å². The quantitative estimate of drug-likeness (QED) is 0.227. The number of hydrogen-bond donors (Lipinski definition) is 3. The molecule has 0 bridgehead atoms. The molecule has 0 aliphatic carbocycles. The van der Waals surface area contributed by atoms with Crippen molar-refractivity contribution < 1.29 is 46.8 Å². The molecule has 282 valence electrons. The van der Waals surface area contributed by atoms with Crippen LogP contribution in [0.5, 0.6) is 17.2 Å². The number of carbonyl (C=O) groups excluding carboxylic acids is 2. The molecule has 0 spiro atoms. The van der Waals surface area contributed by atoms with Gasteiger partial charge in [0.2, 0.25) is 6.79 Å². The first-order chi connectivity index (χ1) is 24.8. The Morgan fingerprint density at radius 3 is 2.40 bits per heavy atom. The molecule has 52 heavy (non-hydrogen) atoms. The van der Waals surface area contributed by atoms with Gasteiger partial charge in [-0.3, -0.25) is 9.69 Å². The van der Waals surface area contributed by atoms with Gasteiger partial charge in [-0.25, -0.2) is 4.79 Å². The third-order valence-corrected chi connectivity index (χ3v) is 9.16. The second-order valence-corrected chi connectivity index (χ2v) is 13.5. The van der Waals surface area contributed by atoms with Gasteiger partial charge < -0.3 is 39.6 Å². The minimum atomic E-state index is -4.50. The number of carbonyl (C=O) groups is 2. The first-order valence-electron chi connectivity index (χ1n) is 17.5. The van der Waals surface area contributed by atoms with Gasteiger partial charge in [-0.2, -0.15) is 13.2 Å². The first-order valence-corrected chi connectivity index (χ1v) is 17.5. The molecule has 3 N–H and O–H groups in total. The van der Waals surface area contributed by atoms with Crippen LogP contribution in [0, 0.1) is 5.92 Å². The Morgan fingerprint density at radius 2 is 1.67 bits per heavy atom. The number of amides is 3. The predicted octanol–water partition coefficient (Wildman–Crippen LogP) is 7.01. The van der Waals surface area contributed by atoms with Crippen molar-refractivity contribution in [1.29, 1.82) is 0 Å². The van der Waals surface area contributed by atoms with Crippen LogP contribution in [-0.2, 0) is 17.5 Å². The highest BCUT2D eigenvalue weighted by molar-refractivity contribution is 6.02. The van der Waals surface area contributed by atoms with Gasteiger partial charge in [-0.1, -0.05) is 13.0 Å². The van der Waals surface area contributed by atoms with Crippen molar-refractivity contribution >= 4 is 23.3 Å². The van der Waals surface area contributed by atoms with E-state index in [0.29, 0.717) is 31.9 Å². The predicted molar refractivity (Wildman–Crippen MR) is 190 cm³/mol. The number of fused-ring (bicyclic) bond motifs is 2. The van der Waals surface area contributed by atoms with Crippen molar-refractivity contribution in [3.05, 3.63) is 77.4 Å². The first kappa shape index (κ1) is 38.7. The van der Waals surface area contributed by atoms with Crippen molar-refractivity contribution in [2.75, 3.05) is 50.8 Å². The fourth-order valence-corrected chi connectivity index (χ4v) is 6.22. The number of rotatable bonds is 8. The number of urea groups is 1. The smallest absolute Gasteiger partial charge is 0.416 e. The van der Waals surface area contributed by atoms with E-state index in [4.69, 9.17) is 18.9 Å². The fourth-order valence-electron chi connectivity index (χ4n) is 6.22. The van der Waals surface area contributed by atoms with Gasteiger partial charge in [0.15, 0.2) is 11.5 Å². The number of aliphatic hydroxyl groups is 1. The van der Waals surface area contributed by atoms with Gasteiger partial charge in [0.05, 0.1) is 36.0 Å². The Balaban J connectivity index is 1.34. The maximum absolute atomic E-state index is 14.4. The van der Waals surface area contributed by atoms with E-state index in [1.165, 1.54) is 6.07 Å². The summed E-state index contributed by atoms with van der Waals surface area (Å²) < 4.78 is 62.7. The zero-order valence-electron chi connectivity index (χ0n) is 29.9. The van der Waals surface area contributed by atoms with Crippen molar-refractivity contribution in [2.24, 2.45) is 5.92 Å². The number of ether oxygens (including phenoxy) is 4. The molecule has 0 aromatic heterocycles. The summed E-state index contributed by atoms with van der Waals surface area (Å²) in [5, 5.41) is 15.4. The maximum atomic E-state index is 14.4. The molecule has 11 nitrogen and oxygen atoms in total. The molecule has 2 aliphatic heterocycles. The summed E-state index contributed by atoms with van der Waals surface area (Å²) in [7, 11) is 2.02. The Bertz CT molecular complexity index is 1670. The highest BCUT2D eigenvalue weighted by Crippen LogP contribution is 2.34. The van der Waals surface area contributed by atoms with Crippen LogP contribution in [-0.4, -0.2) is 85.2 Å². The number of nitrogens with zero attached hydrogens (tertiary/aromatic N) is 2. The average Bonchev–Trinajstić information content (AvgIpc) is 3.57. The van der Waals surface area contributed by atoms with Gasteiger partial charge in [0.25, 0.3) is 5.91 Å². The number of hydrogen-bond acceptors (Lipinski definition) is 8. The van der Waals surface area contributed by atoms with Crippen LogP contribution in [0.2, 0.25) is 0 Å². The molecule has 0 fully saturated rings. The minimum Gasteiger partial charge on any atom is -0.490 e. The molecule has 0 saturated carbocycles. The number of halogens is 3. The van der Waals surface area contributed by atoms with Crippen molar-refractivity contribution in [3.8, 4) is 17.2 Å². The summed E-state index contributed by atoms with van der Waals surface area (Å²) in [4.78, 5) is 31.0. The highest BCUT2D eigenvalue weighted by Gasteiger charge is 2.32. The van der Waals surface area contributed by atoms with E-state index in [9.17, 15) is 27.9 Å². The second kappa shape index (κ2) is 17.3. The maximum Gasteiger partial charge on any atom is 0.416 e. The van der Waals surface area contributed by atoms with Crippen LogP contribution < -0.4 is 24.8 Å². The number of likely N-dealkylation sites (N-methyl/N-ethyl adjacent to an activating group) is 1. The standard InChI is InChI=1S/C38H47F3N4O7/c1-24-19-45(25(2)22-46)36(47)31-18-30(43-37(48)42-29-11-9-28(10-12-29)38(39,40)41)13-15-32(31)52-26(3)7-5-6-16-49-35(24)21-44(4)20-27-8-14-33-34(17-27)51-23-50-33/h8-15,17-18,24-26,35,46H,5-7,16,19-23H2,1-4H3,(H2,42,43,48)/t24-,25-,26-,35-/m0/s1. The van der Waals surface area contributed by atoms with Gasteiger partial charge in [0, 0.05) is 43.5 Å². The van der Waals surface area contributed by atoms with Gasteiger partial charge in [0.1, 0.15) is 5.75 Å². The summed E-state index contributed by atoms with van der Waals surface area (Å²) in [6, 6.07) is 13.4. The third kappa shape index (κ3) is 10.3. The molecular weight excluding hydrogens is 681 g/mol.